The molecule has 8 aromatic carbocycles. The summed E-state index contributed by atoms with van der Waals surface area (Å²) in [5, 5.41) is 0. The molecule has 0 fully saturated rings. The van der Waals surface area contributed by atoms with Gasteiger partial charge in [0, 0.05) is 39.2 Å². The van der Waals surface area contributed by atoms with Crippen molar-refractivity contribution in [1.82, 2.24) is 0 Å². The van der Waals surface area contributed by atoms with Crippen LogP contribution in [-0.2, 0) is 10.8 Å². The van der Waals surface area contributed by atoms with E-state index in [2.05, 4.69) is 207 Å². The predicted molar refractivity (Wildman–Crippen MR) is 222 cm³/mol. The minimum absolute atomic E-state index is 0.301. The number of ether oxygens (including phenoxy) is 1. The Hall–Kier alpha value is -6.64. The SMILES string of the molecule is CC1(C)c2ccc(N(c3ccccc3)c3ccccc3)cc2-c2ccc3c(c21)Oc1ccccc1C31c2ccccc2-c2cc(-c3ccccc3)ccc21. The van der Waals surface area contributed by atoms with E-state index in [0.717, 1.165) is 28.6 Å². The summed E-state index contributed by atoms with van der Waals surface area (Å²) < 4.78 is 7.20. The number of para-hydroxylation sites is 3. The molecule has 2 heteroatoms. The second-order valence-electron chi connectivity index (χ2n) is 15.2. The molecule has 1 atom stereocenters. The first kappa shape index (κ1) is 30.9. The van der Waals surface area contributed by atoms with Crippen molar-refractivity contribution in [2.24, 2.45) is 0 Å². The maximum atomic E-state index is 7.20. The minimum Gasteiger partial charge on any atom is -0.456 e. The molecule has 0 bridgehead atoms. The highest BCUT2D eigenvalue weighted by Gasteiger charge is 2.53. The molecule has 1 unspecified atom stereocenters. The Morgan fingerprint density at radius 2 is 0.963 bits per heavy atom. The van der Waals surface area contributed by atoms with Crippen LogP contribution in [0.5, 0.6) is 11.5 Å². The van der Waals surface area contributed by atoms with Crippen molar-refractivity contribution in [3.63, 3.8) is 0 Å². The number of benzene rings is 8. The van der Waals surface area contributed by atoms with E-state index in [-0.39, 0.29) is 5.41 Å². The highest BCUT2D eigenvalue weighted by Crippen LogP contribution is 2.66. The molecule has 0 radical (unpaired) electrons. The lowest BCUT2D eigenvalue weighted by Gasteiger charge is -2.41. The monoisotopic (exact) mass is 691 g/mol. The fourth-order valence-electron chi connectivity index (χ4n) is 9.80. The lowest BCUT2D eigenvalue weighted by atomic mass is 9.64. The third kappa shape index (κ3) is 4.17. The number of anilines is 3. The van der Waals surface area contributed by atoms with Crippen molar-refractivity contribution >= 4 is 17.1 Å². The molecule has 2 nitrogen and oxygen atoms in total. The highest BCUT2D eigenvalue weighted by atomic mass is 16.5. The first-order chi connectivity index (χ1) is 26.5. The number of hydrogen-bond acceptors (Lipinski definition) is 2. The van der Waals surface area contributed by atoms with Crippen molar-refractivity contribution in [2.45, 2.75) is 24.7 Å². The van der Waals surface area contributed by atoms with Crippen LogP contribution in [-0.4, -0.2) is 0 Å². The average Bonchev–Trinajstić information content (AvgIpc) is 3.64. The Kier molecular flexibility index (Phi) is 6.55. The Morgan fingerprint density at radius 1 is 0.389 bits per heavy atom. The summed E-state index contributed by atoms with van der Waals surface area (Å²) in [6, 6.07) is 68.6. The van der Waals surface area contributed by atoms with Crippen LogP contribution in [0, 0.1) is 0 Å². The smallest absolute Gasteiger partial charge is 0.136 e. The lowest BCUT2D eigenvalue weighted by Crippen LogP contribution is -2.33. The van der Waals surface area contributed by atoms with E-state index in [1.807, 2.05) is 0 Å². The molecule has 3 aliphatic rings. The number of fused-ring (bicyclic) bond motifs is 13. The molecule has 0 saturated heterocycles. The van der Waals surface area contributed by atoms with E-state index >= 15 is 0 Å². The zero-order valence-corrected chi connectivity index (χ0v) is 30.3. The molecular formula is C52H37NO. The van der Waals surface area contributed by atoms with Gasteiger partial charge in [-0.25, -0.2) is 0 Å². The van der Waals surface area contributed by atoms with E-state index in [1.54, 1.807) is 0 Å². The van der Waals surface area contributed by atoms with Crippen LogP contribution in [0.3, 0.4) is 0 Å². The van der Waals surface area contributed by atoms with Gasteiger partial charge < -0.3 is 9.64 Å². The Morgan fingerprint density at radius 3 is 1.70 bits per heavy atom. The molecule has 11 rings (SSSR count). The molecule has 0 saturated carbocycles. The summed E-state index contributed by atoms with van der Waals surface area (Å²) in [6.45, 7) is 4.73. The van der Waals surface area contributed by atoms with E-state index < -0.39 is 5.41 Å². The van der Waals surface area contributed by atoms with Crippen LogP contribution in [0.4, 0.5) is 17.1 Å². The fraction of sp³-hybridized carbons (Fsp3) is 0.0769. The van der Waals surface area contributed by atoms with Crippen molar-refractivity contribution in [3.05, 3.63) is 221 Å². The fourth-order valence-corrected chi connectivity index (χ4v) is 9.80. The van der Waals surface area contributed by atoms with Gasteiger partial charge in [0.1, 0.15) is 11.5 Å². The molecule has 0 N–H and O–H groups in total. The van der Waals surface area contributed by atoms with Gasteiger partial charge in [-0.1, -0.05) is 153 Å². The van der Waals surface area contributed by atoms with E-state index in [0.29, 0.717) is 0 Å². The van der Waals surface area contributed by atoms with Gasteiger partial charge in [0.25, 0.3) is 0 Å². The van der Waals surface area contributed by atoms with Gasteiger partial charge in [-0.3, -0.25) is 0 Å². The summed E-state index contributed by atoms with van der Waals surface area (Å²) in [5.41, 5.74) is 17.6. The van der Waals surface area contributed by atoms with Gasteiger partial charge in [0.2, 0.25) is 0 Å². The molecule has 1 heterocycles. The average molecular weight is 692 g/mol. The van der Waals surface area contributed by atoms with Crippen molar-refractivity contribution in [1.29, 1.82) is 0 Å². The van der Waals surface area contributed by atoms with E-state index in [4.69, 9.17) is 4.74 Å². The van der Waals surface area contributed by atoms with Crippen LogP contribution >= 0.6 is 0 Å². The van der Waals surface area contributed by atoms with Crippen molar-refractivity contribution in [2.75, 3.05) is 4.90 Å². The predicted octanol–water partition coefficient (Wildman–Crippen LogP) is 13.6. The Balaban J connectivity index is 1.15. The number of hydrogen-bond donors (Lipinski definition) is 0. The largest absolute Gasteiger partial charge is 0.456 e. The topological polar surface area (TPSA) is 12.5 Å². The Bertz CT molecular complexity index is 2730. The molecule has 54 heavy (non-hydrogen) atoms. The summed E-state index contributed by atoms with van der Waals surface area (Å²) in [6.07, 6.45) is 0. The zero-order valence-electron chi connectivity index (χ0n) is 30.3. The summed E-state index contributed by atoms with van der Waals surface area (Å²) in [4.78, 5) is 2.35. The van der Waals surface area contributed by atoms with Crippen LogP contribution in [0.1, 0.15) is 47.2 Å². The molecular weight excluding hydrogens is 655 g/mol. The number of nitrogens with zero attached hydrogens (tertiary/aromatic N) is 1. The summed E-state index contributed by atoms with van der Waals surface area (Å²) >= 11 is 0. The van der Waals surface area contributed by atoms with Gasteiger partial charge in [-0.15, -0.1) is 0 Å². The van der Waals surface area contributed by atoms with Crippen molar-refractivity contribution < 1.29 is 4.74 Å². The standard InChI is InChI=1S/C52H37NO/c1-51(2)43-30-27-38(53(36-18-8-4-9-19-36)37-20-10-5-11-21-37)33-42(43)40-28-31-47-50(49(40)51)54-48-25-15-14-24-46(48)52(47)44-23-13-12-22-39(44)41-32-35(26-29-45(41)52)34-16-6-3-7-17-34/h3-33H,1-2H3. The third-order valence-corrected chi connectivity index (χ3v) is 12.1. The quantitative estimate of drug-likeness (QED) is 0.182. The lowest BCUT2D eigenvalue weighted by molar-refractivity contribution is 0.422. The molecule has 0 amide bonds. The van der Waals surface area contributed by atoms with Crippen LogP contribution in [0.25, 0.3) is 33.4 Å². The summed E-state index contributed by atoms with van der Waals surface area (Å²) in [7, 11) is 0. The van der Waals surface area contributed by atoms with E-state index in [1.165, 1.54) is 66.8 Å². The van der Waals surface area contributed by atoms with Gasteiger partial charge in [0.05, 0.1) is 5.41 Å². The van der Waals surface area contributed by atoms with Crippen LogP contribution in [0.2, 0.25) is 0 Å². The van der Waals surface area contributed by atoms with Crippen molar-refractivity contribution in [3.8, 4) is 44.9 Å². The second-order valence-corrected chi connectivity index (χ2v) is 15.2. The molecule has 0 aromatic heterocycles. The molecule has 8 aromatic rings. The molecule has 1 spiro atoms. The van der Waals surface area contributed by atoms with Crippen LogP contribution in [0.15, 0.2) is 188 Å². The van der Waals surface area contributed by atoms with E-state index in [9.17, 15) is 0 Å². The number of rotatable bonds is 4. The van der Waals surface area contributed by atoms with Gasteiger partial charge >= 0.3 is 0 Å². The first-order valence-corrected chi connectivity index (χ1v) is 18.9. The normalized spacial score (nSPS) is 16.3. The van der Waals surface area contributed by atoms with Crippen LogP contribution < -0.4 is 9.64 Å². The first-order valence-electron chi connectivity index (χ1n) is 18.9. The molecule has 2 aliphatic carbocycles. The maximum Gasteiger partial charge on any atom is 0.136 e. The second kappa shape index (κ2) is 11.4. The zero-order chi connectivity index (χ0) is 36.0. The minimum atomic E-state index is -0.534. The summed E-state index contributed by atoms with van der Waals surface area (Å²) in [5.74, 6) is 1.90. The Labute approximate surface area is 316 Å². The van der Waals surface area contributed by atoms with Gasteiger partial charge in [-0.2, -0.15) is 0 Å². The highest BCUT2D eigenvalue weighted by molar-refractivity contribution is 5.94. The van der Waals surface area contributed by atoms with Gasteiger partial charge in [-0.05, 0) is 98.6 Å². The van der Waals surface area contributed by atoms with Gasteiger partial charge in [0.15, 0.2) is 0 Å². The third-order valence-electron chi connectivity index (χ3n) is 12.1. The molecule has 256 valence electrons. The maximum absolute atomic E-state index is 7.20. The molecule has 1 aliphatic heterocycles.